The van der Waals surface area contributed by atoms with Crippen molar-refractivity contribution in [2.45, 2.75) is 6.42 Å². The summed E-state index contributed by atoms with van der Waals surface area (Å²) in [4.78, 5) is 23.3. The molecule has 0 unspecified atom stereocenters. The van der Waals surface area contributed by atoms with Crippen molar-refractivity contribution in [2.75, 3.05) is 26.3 Å². The van der Waals surface area contributed by atoms with Gasteiger partial charge < -0.3 is 14.4 Å². The molecule has 0 saturated carbocycles. The van der Waals surface area contributed by atoms with E-state index < -0.39 is 0 Å². The van der Waals surface area contributed by atoms with Crippen LogP contribution in [0.1, 0.15) is 15.9 Å². The second kappa shape index (κ2) is 9.15. The predicted molar refractivity (Wildman–Crippen MR) is 119 cm³/mol. The molecule has 8 heteroatoms. The van der Waals surface area contributed by atoms with E-state index in [-0.39, 0.29) is 17.8 Å². The van der Waals surface area contributed by atoms with Gasteiger partial charge in [0.25, 0.3) is 5.91 Å². The van der Waals surface area contributed by atoms with Gasteiger partial charge in [-0.05, 0) is 42.3 Å². The molecular formula is C24H23N5O3. The van der Waals surface area contributed by atoms with Crippen LogP contribution in [-0.2, 0) is 11.2 Å². The normalized spacial score (nSPS) is 16.6. The van der Waals surface area contributed by atoms with Crippen molar-refractivity contribution in [3.63, 3.8) is 0 Å². The van der Waals surface area contributed by atoms with Crippen molar-refractivity contribution in [2.24, 2.45) is 5.92 Å². The summed E-state index contributed by atoms with van der Waals surface area (Å²) in [6, 6.07) is 15.2. The lowest BCUT2D eigenvalue weighted by Gasteiger charge is -2.24. The molecule has 32 heavy (non-hydrogen) atoms. The van der Waals surface area contributed by atoms with E-state index in [0.717, 1.165) is 17.3 Å². The number of rotatable bonds is 5. The number of ether oxygens (including phenoxy) is 2. The van der Waals surface area contributed by atoms with Gasteiger partial charge in [0.05, 0.1) is 24.9 Å². The minimum Gasteiger partial charge on any atom is -0.424 e. The molecule has 3 heterocycles. The lowest BCUT2D eigenvalue weighted by molar-refractivity contribution is 0.0737. The van der Waals surface area contributed by atoms with Crippen molar-refractivity contribution in [1.29, 1.82) is 0 Å². The number of amides is 1. The van der Waals surface area contributed by atoms with E-state index in [9.17, 15) is 4.79 Å². The largest absolute Gasteiger partial charge is 0.424 e. The highest BCUT2D eigenvalue weighted by Gasteiger charge is 2.24. The second-order valence-electron chi connectivity index (χ2n) is 7.81. The molecule has 0 spiro atoms. The molecule has 8 nitrogen and oxygen atoms in total. The van der Waals surface area contributed by atoms with E-state index in [0.29, 0.717) is 37.6 Å². The number of aromatic amines is 1. The van der Waals surface area contributed by atoms with Gasteiger partial charge in [-0.1, -0.05) is 18.2 Å². The molecule has 1 aliphatic heterocycles. The fourth-order valence-corrected chi connectivity index (χ4v) is 4.03. The van der Waals surface area contributed by atoms with Gasteiger partial charge in [-0.25, -0.2) is 9.97 Å². The zero-order valence-electron chi connectivity index (χ0n) is 17.5. The highest BCUT2D eigenvalue weighted by Crippen LogP contribution is 2.23. The number of nitrogens with one attached hydrogen (secondary N) is 1. The van der Waals surface area contributed by atoms with Crippen LogP contribution in [0.4, 0.5) is 0 Å². The van der Waals surface area contributed by atoms with E-state index in [2.05, 4.69) is 26.2 Å². The lowest BCUT2D eigenvalue weighted by atomic mass is 9.97. The predicted octanol–water partition coefficient (Wildman–Crippen LogP) is 3.48. The summed E-state index contributed by atoms with van der Waals surface area (Å²) in [5.74, 6) is 0.678. The fraction of sp³-hybridized carbons (Fsp3) is 0.250. The summed E-state index contributed by atoms with van der Waals surface area (Å²) in [6.07, 6.45) is 5.89. The van der Waals surface area contributed by atoms with Gasteiger partial charge in [0.1, 0.15) is 5.75 Å². The first kappa shape index (κ1) is 20.1. The summed E-state index contributed by atoms with van der Waals surface area (Å²) in [6.45, 7) is 2.32. The molecule has 5 rings (SSSR count). The molecule has 162 valence electrons. The van der Waals surface area contributed by atoms with Gasteiger partial charge in [-0.3, -0.25) is 9.89 Å². The van der Waals surface area contributed by atoms with Gasteiger partial charge in [-0.15, -0.1) is 0 Å². The Kier molecular flexibility index (Phi) is 5.76. The Labute approximate surface area is 185 Å². The van der Waals surface area contributed by atoms with Crippen LogP contribution in [0.15, 0.2) is 67.1 Å². The van der Waals surface area contributed by atoms with Gasteiger partial charge in [-0.2, -0.15) is 5.10 Å². The fourth-order valence-electron chi connectivity index (χ4n) is 4.03. The van der Waals surface area contributed by atoms with Crippen LogP contribution >= 0.6 is 0 Å². The Balaban J connectivity index is 1.31. The highest BCUT2D eigenvalue weighted by atomic mass is 16.5. The summed E-state index contributed by atoms with van der Waals surface area (Å²) in [7, 11) is 0. The minimum atomic E-state index is -0.0403. The number of fused-ring (bicyclic) bond motifs is 1. The molecular weight excluding hydrogens is 406 g/mol. The number of hydrogen-bond donors (Lipinski definition) is 1. The third kappa shape index (κ3) is 4.45. The molecule has 0 bridgehead atoms. The summed E-state index contributed by atoms with van der Waals surface area (Å²) in [5.41, 5.74) is 2.79. The summed E-state index contributed by atoms with van der Waals surface area (Å²) in [5, 5.41) is 8.28. The van der Waals surface area contributed by atoms with E-state index in [1.54, 1.807) is 42.7 Å². The Hall–Kier alpha value is -3.78. The maximum absolute atomic E-state index is 13.3. The first-order chi connectivity index (χ1) is 15.8. The Morgan fingerprint density at radius 3 is 2.94 bits per heavy atom. The maximum Gasteiger partial charge on any atom is 0.321 e. The summed E-state index contributed by atoms with van der Waals surface area (Å²) < 4.78 is 11.5. The van der Waals surface area contributed by atoms with E-state index in [1.807, 2.05) is 23.2 Å². The molecule has 1 aliphatic rings. The molecule has 1 amide bonds. The second-order valence-corrected chi connectivity index (χ2v) is 7.81. The number of nitrogens with zero attached hydrogens (tertiary/aromatic N) is 4. The first-order valence-electron chi connectivity index (χ1n) is 10.6. The SMILES string of the molecule is O=C(c1cccc(Oc2ncccn2)c1)N1CCOC[C@@H](Cc2cccc3[nH]ncc23)C1. The van der Waals surface area contributed by atoms with Gasteiger partial charge in [0.15, 0.2) is 0 Å². The smallest absolute Gasteiger partial charge is 0.321 e. The van der Waals surface area contributed by atoms with Crippen molar-refractivity contribution in [3.05, 3.63) is 78.2 Å². The molecule has 1 atom stereocenters. The Bertz CT molecular complexity index is 1210. The van der Waals surface area contributed by atoms with E-state index >= 15 is 0 Å². The number of carbonyl (C=O) groups is 1. The highest BCUT2D eigenvalue weighted by molar-refractivity contribution is 5.94. The van der Waals surface area contributed by atoms with Gasteiger partial charge in [0.2, 0.25) is 0 Å². The summed E-state index contributed by atoms with van der Waals surface area (Å²) >= 11 is 0. The Morgan fingerprint density at radius 1 is 1.16 bits per heavy atom. The van der Waals surface area contributed by atoms with Crippen LogP contribution in [0.5, 0.6) is 11.8 Å². The van der Waals surface area contributed by atoms with E-state index in [4.69, 9.17) is 9.47 Å². The lowest BCUT2D eigenvalue weighted by Crippen LogP contribution is -2.36. The number of benzene rings is 2. The molecule has 0 aliphatic carbocycles. The number of hydrogen-bond acceptors (Lipinski definition) is 6. The standard InChI is InChI=1S/C24H23N5O3/c30-23(19-5-1-6-20(13-19)32-24-25-8-3-9-26-24)29-10-11-31-16-17(15-29)12-18-4-2-7-22-21(18)14-27-28-22/h1-9,13-14,17H,10-12,15-16H2,(H,27,28)/t17-/m0/s1. The van der Waals surface area contributed by atoms with Crippen molar-refractivity contribution < 1.29 is 14.3 Å². The monoisotopic (exact) mass is 429 g/mol. The van der Waals surface area contributed by atoms with Crippen LogP contribution < -0.4 is 4.74 Å². The zero-order chi connectivity index (χ0) is 21.8. The zero-order valence-corrected chi connectivity index (χ0v) is 17.5. The molecule has 1 saturated heterocycles. The molecule has 2 aromatic heterocycles. The molecule has 0 radical (unpaired) electrons. The van der Waals surface area contributed by atoms with Crippen LogP contribution in [0.2, 0.25) is 0 Å². The third-order valence-corrected chi connectivity index (χ3v) is 5.54. The van der Waals surface area contributed by atoms with Crippen LogP contribution in [0.25, 0.3) is 10.9 Å². The number of aromatic nitrogens is 4. The number of carbonyl (C=O) groups excluding carboxylic acids is 1. The molecule has 1 N–H and O–H groups in total. The van der Waals surface area contributed by atoms with Crippen LogP contribution in [0, 0.1) is 5.92 Å². The van der Waals surface area contributed by atoms with Gasteiger partial charge >= 0.3 is 6.01 Å². The first-order valence-corrected chi connectivity index (χ1v) is 10.6. The maximum atomic E-state index is 13.3. The van der Waals surface area contributed by atoms with Crippen molar-refractivity contribution in [1.82, 2.24) is 25.1 Å². The van der Waals surface area contributed by atoms with Gasteiger partial charge in [0, 0.05) is 42.4 Å². The van der Waals surface area contributed by atoms with Crippen molar-refractivity contribution >= 4 is 16.8 Å². The van der Waals surface area contributed by atoms with Crippen LogP contribution in [-0.4, -0.2) is 57.3 Å². The molecule has 2 aromatic carbocycles. The minimum absolute atomic E-state index is 0.0403. The third-order valence-electron chi connectivity index (χ3n) is 5.54. The van der Waals surface area contributed by atoms with Crippen LogP contribution in [0.3, 0.4) is 0 Å². The topological polar surface area (TPSA) is 93.2 Å². The quantitative estimate of drug-likeness (QED) is 0.522. The molecule has 4 aromatic rings. The molecule has 1 fully saturated rings. The van der Waals surface area contributed by atoms with E-state index in [1.165, 1.54) is 5.56 Å². The van der Waals surface area contributed by atoms with Crippen molar-refractivity contribution in [3.8, 4) is 11.8 Å². The average molecular weight is 429 g/mol. The average Bonchev–Trinajstić information content (AvgIpc) is 3.19. The Morgan fingerprint density at radius 2 is 2.03 bits per heavy atom. The number of H-pyrrole nitrogens is 1.